The second kappa shape index (κ2) is 5.35. The summed E-state index contributed by atoms with van der Waals surface area (Å²) in [5.74, 6) is -0.662. The maximum atomic E-state index is 12.4. The Morgan fingerprint density at radius 1 is 1.47 bits per heavy atom. The first-order chi connectivity index (χ1) is 7.84. The summed E-state index contributed by atoms with van der Waals surface area (Å²) in [6.07, 6.45) is 1.43. The van der Waals surface area contributed by atoms with Gasteiger partial charge in [-0.2, -0.15) is 0 Å². The lowest BCUT2D eigenvalue weighted by Crippen LogP contribution is -2.51. The number of carbonyl (C=O) groups excluding carboxylic acids is 1. The zero-order chi connectivity index (χ0) is 13.1. The summed E-state index contributed by atoms with van der Waals surface area (Å²) in [5.41, 5.74) is 0. The molecule has 100 valence electrons. The fourth-order valence-corrected chi connectivity index (χ4v) is 3.86. The van der Waals surface area contributed by atoms with Gasteiger partial charge in [-0.3, -0.25) is 4.79 Å². The minimum atomic E-state index is -3.52. The lowest BCUT2D eigenvalue weighted by molar-refractivity contribution is -0.145. The first kappa shape index (κ1) is 14.4. The first-order valence-electron chi connectivity index (χ1n) is 5.95. The first-order valence-corrected chi connectivity index (χ1v) is 7.50. The number of esters is 1. The summed E-state index contributed by atoms with van der Waals surface area (Å²) < 4.78 is 28.1. The van der Waals surface area contributed by atoms with Crippen molar-refractivity contribution in [2.75, 3.05) is 19.7 Å². The number of rotatable bonds is 4. The van der Waals surface area contributed by atoms with Crippen LogP contribution in [0.1, 0.15) is 33.6 Å². The highest BCUT2D eigenvalue weighted by molar-refractivity contribution is 7.94. The van der Waals surface area contributed by atoms with Gasteiger partial charge in [0.25, 0.3) is 0 Å². The van der Waals surface area contributed by atoms with Gasteiger partial charge in [0.1, 0.15) is 0 Å². The lowest BCUT2D eigenvalue weighted by Gasteiger charge is -2.30. The van der Waals surface area contributed by atoms with Gasteiger partial charge < -0.3 is 10.1 Å². The zero-order valence-electron chi connectivity index (χ0n) is 10.7. The maximum Gasteiger partial charge on any atom is 0.326 e. The van der Waals surface area contributed by atoms with E-state index in [2.05, 4.69) is 5.32 Å². The summed E-state index contributed by atoms with van der Waals surface area (Å²) >= 11 is 0. The number of carbonyl (C=O) groups is 1. The van der Waals surface area contributed by atoms with Crippen LogP contribution in [0, 0.1) is 0 Å². The molecule has 0 spiro atoms. The van der Waals surface area contributed by atoms with Crippen molar-refractivity contribution < 1.29 is 17.9 Å². The summed E-state index contributed by atoms with van der Waals surface area (Å²) in [6, 6.07) is 0. The number of ether oxygens (including phenoxy) is 1. The third kappa shape index (κ3) is 2.80. The Morgan fingerprint density at radius 2 is 2.12 bits per heavy atom. The van der Waals surface area contributed by atoms with Gasteiger partial charge >= 0.3 is 5.97 Å². The molecule has 0 radical (unpaired) electrons. The standard InChI is InChI=1S/C11H21NO4S/c1-4-16-10(13)11(2,3)17(14,15)9-6-5-7-12-8-9/h9,12H,4-8H2,1-3H3. The molecule has 0 aromatic carbocycles. The van der Waals surface area contributed by atoms with Crippen molar-refractivity contribution in [3.05, 3.63) is 0 Å². The normalized spacial score (nSPS) is 22.2. The number of hydrogen-bond donors (Lipinski definition) is 1. The van der Waals surface area contributed by atoms with Crippen LogP contribution in [0.15, 0.2) is 0 Å². The van der Waals surface area contributed by atoms with E-state index in [4.69, 9.17) is 4.74 Å². The molecule has 1 atom stereocenters. The molecule has 1 aliphatic rings. The molecule has 0 saturated carbocycles. The van der Waals surface area contributed by atoms with Gasteiger partial charge in [0.15, 0.2) is 14.6 Å². The van der Waals surface area contributed by atoms with E-state index in [0.29, 0.717) is 13.0 Å². The highest BCUT2D eigenvalue weighted by Gasteiger charge is 2.47. The average Bonchev–Trinajstić information content (AvgIpc) is 2.30. The lowest BCUT2D eigenvalue weighted by atomic mass is 10.2. The topological polar surface area (TPSA) is 72.5 Å². The second-order valence-corrected chi connectivity index (χ2v) is 7.52. The smallest absolute Gasteiger partial charge is 0.326 e. The molecule has 1 heterocycles. The van der Waals surface area contributed by atoms with E-state index in [-0.39, 0.29) is 6.61 Å². The predicted molar refractivity (Wildman–Crippen MR) is 65.5 cm³/mol. The van der Waals surface area contributed by atoms with E-state index in [9.17, 15) is 13.2 Å². The van der Waals surface area contributed by atoms with Gasteiger partial charge in [-0.25, -0.2) is 8.42 Å². The van der Waals surface area contributed by atoms with Crippen LogP contribution in [0.2, 0.25) is 0 Å². The highest BCUT2D eigenvalue weighted by Crippen LogP contribution is 2.26. The van der Waals surface area contributed by atoms with E-state index in [0.717, 1.165) is 13.0 Å². The number of piperidine rings is 1. The third-order valence-corrected chi connectivity index (χ3v) is 6.04. The minimum Gasteiger partial charge on any atom is -0.465 e. The molecule has 0 aliphatic carbocycles. The Kier molecular flexibility index (Phi) is 4.55. The van der Waals surface area contributed by atoms with Crippen LogP contribution in [0.5, 0.6) is 0 Å². The SMILES string of the molecule is CCOC(=O)C(C)(C)S(=O)(=O)C1CCCNC1. The summed E-state index contributed by atoms with van der Waals surface area (Å²) in [5, 5.41) is 2.56. The van der Waals surface area contributed by atoms with Gasteiger partial charge in [-0.15, -0.1) is 0 Å². The molecule has 17 heavy (non-hydrogen) atoms. The molecule has 0 bridgehead atoms. The summed E-state index contributed by atoms with van der Waals surface area (Å²) in [4.78, 5) is 11.7. The van der Waals surface area contributed by atoms with Crippen molar-refractivity contribution >= 4 is 15.8 Å². The van der Waals surface area contributed by atoms with Crippen LogP contribution in [-0.2, 0) is 19.4 Å². The van der Waals surface area contributed by atoms with Crippen LogP contribution in [0.25, 0.3) is 0 Å². The molecule has 6 heteroatoms. The zero-order valence-corrected chi connectivity index (χ0v) is 11.5. The van der Waals surface area contributed by atoms with Crippen LogP contribution in [0.3, 0.4) is 0 Å². The number of nitrogens with one attached hydrogen (secondary N) is 1. The molecule has 0 aromatic heterocycles. The van der Waals surface area contributed by atoms with E-state index in [1.54, 1.807) is 6.92 Å². The van der Waals surface area contributed by atoms with Crippen molar-refractivity contribution in [3.63, 3.8) is 0 Å². The molecule has 1 rings (SSSR count). The number of sulfone groups is 1. The third-order valence-electron chi connectivity index (χ3n) is 3.17. The molecule has 0 amide bonds. The van der Waals surface area contributed by atoms with E-state index < -0.39 is 25.8 Å². The fraction of sp³-hybridized carbons (Fsp3) is 0.909. The monoisotopic (exact) mass is 263 g/mol. The van der Waals surface area contributed by atoms with Crippen molar-refractivity contribution in [1.82, 2.24) is 5.32 Å². The average molecular weight is 263 g/mol. The molecule has 1 saturated heterocycles. The van der Waals surface area contributed by atoms with Gasteiger partial charge in [0, 0.05) is 6.54 Å². The van der Waals surface area contributed by atoms with Crippen LogP contribution >= 0.6 is 0 Å². The Morgan fingerprint density at radius 3 is 2.59 bits per heavy atom. The summed E-state index contributed by atoms with van der Waals surface area (Å²) in [7, 11) is -3.52. The van der Waals surface area contributed by atoms with Crippen molar-refractivity contribution in [2.24, 2.45) is 0 Å². The Bertz CT molecular complexity index is 369. The Hall–Kier alpha value is -0.620. The van der Waals surface area contributed by atoms with E-state index >= 15 is 0 Å². The molecule has 1 aliphatic heterocycles. The van der Waals surface area contributed by atoms with Gasteiger partial charge in [0.2, 0.25) is 0 Å². The van der Waals surface area contributed by atoms with Gasteiger partial charge in [0.05, 0.1) is 11.9 Å². The molecule has 1 fully saturated rings. The molecule has 1 unspecified atom stereocenters. The fourth-order valence-electron chi connectivity index (χ4n) is 1.92. The van der Waals surface area contributed by atoms with Crippen LogP contribution in [-0.4, -0.2) is 44.1 Å². The van der Waals surface area contributed by atoms with Crippen molar-refractivity contribution in [1.29, 1.82) is 0 Å². The Balaban J connectivity index is 2.90. The van der Waals surface area contributed by atoms with Crippen LogP contribution < -0.4 is 5.32 Å². The molecule has 1 N–H and O–H groups in total. The summed E-state index contributed by atoms with van der Waals surface area (Å²) in [6.45, 7) is 5.98. The highest BCUT2D eigenvalue weighted by atomic mass is 32.2. The van der Waals surface area contributed by atoms with Crippen molar-refractivity contribution in [3.8, 4) is 0 Å². The van der Waals surface area contributed by atoms with Crippen LogP contribution in [0.4, 0.5) is 0 Å². The van der Waals surface area contributed by atoms with E-state index in [1.807, 2.05) is 0 Å². The van der Waals surface area contributed by atoms with E-state index in [1.165, 1.54) is 13.8 Å². The van der Waals surface area contributed by atoms with Gasteiger partial charge in [-0.05, 0) is 40.2 Å². The predicted octanol–water partition coefficient (Wildman–Crippen LogP) is 0.495. The Labute approximate surface area is 103 Å². The molecular weight excluding hydrogens is 242 g/mol. The molecule has 5 nitrogen and oxygen atoms in total. The molecule has 0 aromatic rings. The number of hydrogen-bond acceptors (Lipinski definition) is 5. The van der Waals surface area contributed by atoms with Gasteiger partial charge in [-0.1, -0.05) is 0 Å². The van der Waals surface area contributed by atoms with Crippen molar-refractivity contribution in [2.45, 2.75) is 43.6 Å². The molecular formula is C11H21NO4S. The minimum absolute atomic E-state index is 0.195. The quantitative estimate of drug-likeness (QED) is 0.748. The second-order valence-electron chi connectivity index (χ2n) is 4.74. The largest absolute Gasteiger partial charge is 0.465 e. The maximum absolute atomic E-state index is 12.4.